The molecule has 0 atom stereocenters. The molecule has 3 aromatic carbocycles. The van der Waals surface area contributed by atoms with Crippen molar-refractivity contribution in [1.29, 1.82) is 0 Å². The Labute approximate surface area is 213 Å². The first-order chi connectivity index (χ1) is 15.9. The van der Waals surface area contributed by atoms with Crippen LogP contribution in [0.25, 0.3) is 6.08 Å². The molecule has 168 valence electrons. The summed E-state index contributed by atoms with van der Waals surface area (Å²) in [4.78, 5) is 15.0. The zero-order valence-corrected chi connectivity index (χ0v) is 21.2. The zero-order valence-electron chi connectivity index (χ0n) is 17.2. The summed E-state index contributed by atoms with van der Waals surface area (Å²) in [6.07, 6.45) is 1.74. The van der Waals surface area contributed by atoms with E-state index in [4.69, 9.17) is 33.3 Å². The number of ether oxygens (including phenoxy) is 2. The molecule has 0 N–H and O–H groups in total. The monoisotopic (exact) mass is 563 g/mol. The van der Waals surface area contributed by atoms with E-state index in [0.717, 1.165) is 4.47 Å². The second-order valence-corrected chi connectivity index (χ2v) is 9.89. The largest absolute Gasteiger partial charge is 0.493 e. The predicted molar refractivity (Wildman–Crippen MR) is 139 cm³/mol. The molecule has 0 radical (unpaired) electrons. The van der Waals surface area contributed by atoms with E-state index in [-0.39, 0.29) is 23.1 Å². The third-order valence-corrected chi connectivity index (χ3v) is 6.93. The number of benzene rings is 3. The van der Waals surface area contributed by atoms with Gasteiger partial charge in [0.2, 0.25) is 0 Å². The van der Waals surface area contributed by atoms with Gasteiger partial charge in [-0.05, 0) is 54.1 Å². The van der Waals surface area contributed by atoms with Gasteiger partial charge in [-0.25, -0.2) is 4.39 Å². The van der Waals surface area contributed by atoms with Gasteiger partial charge in [0.1, 0.15) is 12.4 Å². The van der Waals surface area contributed by atoms with Crippen LogP contribution in [0.5, 0.6) is 11.5 Å². The fourth-order valence-corrected chi connectivity index (χ4v) is 5.08. The highest BCUT2D eigenvalue weighted by molar-refractivity contribution is 9.10. The molecule has 4 rings (SSSR count). The molecule has 0 saturated carbocycles. The van der Waals surface area contributed by atoms with Crippen molar-refractivity contribution in [2.24, 2.45) is 0 Å². The molecule has 9 heteroatoms. The van der Waals surface area contributed by atoms with Crippen LogP contribution in [0.15, 0.2) is 70.0 Å². The normalized spacial score (nSPS) is 14.8. The number of amides is 1. The minimum absolute atomic E-state index is 0.0731. The molecule has 0 bridgehead atoms. The fraction of sp³-hybridized carbons (Fsp3) is 0.0833. The van der Waals surface area contributed by atoms with E-state index in [2.05, 4.69) is 15.9 Å². The number of halogens is 3. The standard InChI is InChI=1S/C24H16BrClFNO3S2/c1-30-20-9-8-14(10-21(20)31-13-17-18(26)6-3-7-19(17)27)11-22-23(29)28(24(32)33-22)16-5-2-4-15(25)12-16/h2-12H,13H2,1H3/b22-11+. The SMILES string of the molecule is COc1ccc(/C=C2/SC(=S)N(c3cccc(Br)c3)C2=O)cc1OCc1c(F)cccc1Cl. The number of hydrogen-bond donors (Lipinski definition) is 0. The van der Waals surface area contributed by atoms with Gasteiger partial charge in [0.05, 0.1) is 22.7 Å². The van der Waals surface area contributed by atoms with Gasteiger partial charge in [-0.3, -0.25) is 9.69 Å². The summed E-state index contributed by atoms with van der Waals surface area (Å²) in [6.45, 7) is -0.0731. The lowest BCUT2D eigenvalue weighted by Gasteiger charge is -2.14. The Morgan fingerprint density at radius 3 is 2.67 bits per heavy atom. The van der Waals surface area contributed by atoms with Gasteiger partial charge >= 0.3 is 0 Å². The summed E-state index contributed by atoms with van der Waals surface area (Å²) in [5.41, 5.74) is 1.65. The second-order valence-electron chi connectivity index (χ2n) is 6.90. The molecule has 1 fully saturated rings. The zero-order chi connectivity index (χ0) is 23.5. The number of carbonyl (C=O) groups excluding carboxylic acids is 1. The van der Waals surface area contributed by atoms with Crippen molar-refractivity contribution in [2.45, 2.75) is 6.61 Å². The average molecular weight is 565 g/mol. The van der Waals surface area contributed by atoms with E-state index in [1.165, 1.54) is 35.9 Å². The summed E-state index contributed by atoms with van der Waals surface area (Å²) < 4.78 is 26.6. The number of thiocarbonyl (C=S) groups is 1. The molecular weight excluding hydrogens is 549 g/mol. The van der Waals surface area contributed by atoms with Crippen molar-refractivity contribution < 1.29 is 18.7 Å². The van der Waals surface area contributed by atoms with Gasteiger partial charge in [0.15, 0.2) is 15.8 Å². The van der Waals surface area contributed by atoms with Crippen molar-refractivity contribution in [3.8, 4) is 11.5 Å². The van der Waals surface area contributed by atoms with Crippen molar-refractivity contribution in [3.05, 3.63) is 92.0 Å². The molecule has 0 aliphatic carbocycles. The highest BCUT2D eigenvalue weighted by Crippen LogP contribution is 2.38. The van der Waals surface area contributed by atoms with E-state index in [1.807, 2.05) is 24.3 Å². The van der Waals surface area contributed by atoms with Crippen molar-refractivity contribution in [1.82, 2.24) is 0 Å². The van der Waals surface area contributed by atoms with Crippen LogP contribution in [0.2, 0.25) is 5.02 Å². The molecule has 4 nitrogen and oxygen atoms in total. The molecule has 1 heterocycles. The number of hydrogen-bond acceptors (Lipinski definition) is 5. The Hall–Kier alpha value is -2.39. The Morgan fingerprint density at radius 2 is 1.94 bits per heavy atom. The molecule has 0 spiro atoms. The molecule has 1 saturated heterocycles. The first kappa shape index (κ1) is 23.8. The lowest BCUT2D eigenvalue weighted by Crippen LogP contribution is -2.27. The summed E-state index contributed by atoms with van der Waals surface area (Å²) in [5, 5.41) is 0.279. The molecular formula is C24H16BrClFNO3S2. The number of anilines is 1. The summed E-state index contributed by atoms with van der Waals surface area (Å²) in [6, 6.07) is 17.1. The minimum atomic E-state index is -0.450. The molecule has 3 aromatic rings. The number of carbonyl (C=O) groups is 1. The van der Waals surface area contributed by atoms with Crippen molar-refractivity contribution in [3.63, 3.8) is 0 Å². The number of rotatable bonds is 6. The van der Waals surface area contributed by atoms with Crippen LogP contribution in [0, 0.1) is 5.82 Å². The summed E-state index contributed by atoms with van der Waals surface area (Å²) >= 11 is 16.2. The first-order valence-electron chi connectivity index (χ1n) is 9.64. The number of nitrogens with zero attached hydrogens (tertiary/aromatic N) is 1. The number of methoxy groups -OCH3 is 1. The van der Waals surface area contributed by atoms with Crippen molar-refractivity contribution >= 4 is 73.5 Å². The molecule has 1 aliphatic heterocycles. The Morgan fingerprint density at radius 1 is 1.15 bits per heavy atom. The highest BCUT2D eigenvalue weighted by Gasteiger charge is 2.33. The summed E-state index contributed by atoms with van der Waals surface area (Å²) in [7, 11) is 1.51. The van der Waals surface area contributed by atoms with Gasteiger partial charge in [-0.2, -0.15) is 0 Å². The van der Waals surface area contributed by atoms with E-state index in [0.29, 0.717) is 32.0 Å². The molecule has 1 amide bonds. The molecule has 0 aromatic heterocycles. The fourth-order valence-electron chi connectivity index (χ4n) is 3.17. The average Bonchev–Trinajstić information content (AvgIpc) is 3.06. The first-order valence-corrected chi connectivity index (χ1v) is 12.0. The van der Waals surface area contributed by atoms with Crippen molar-refractivity contribution in [2.75, 3.05) is 12.0 Å². The maximum absolute atomic E-state index is 14.1. The number of thioether (sulfide) groups is 1. The van der Waals surface area contributed by atoms with Crippen LogP contribution < -0.4 is 14.4 Å². The highest BCUT2D eigenvalue weighted by atomic mass is 79.9. The smallest absolute Gasteiger partial charge is 0.270 e. The van der Waals surface area contributed by atoms with Gasteiger partial charge in [0, 0.05) is 10.0 Å². The van der Waals surface area contributed by atoms with E-state index in [9.17, 15) is 9.18 Å². The molecule has 0 unspecified atom stereocenters. The van der Waals surface area contributed by atoms with Crippen LogP contribution in [0.1, 0.15) is 11.1 Å². The minimum Gasteiger partial charge on any atom is -0.493 e. The van der Waals surface area contributed by atoms with Gasteiger partial charge < -0.3 is 9.47 Å². The van der Waals surface area contributed by atoms with E-state index in [1.54, 1.807) is 30.3 Å². The third kappa shape index (κ3) is 5.24. The van der Waals surface area contributed by atoms with Crippen LogP contribution in [0.3, 0.4) is 0 Å². The quantitative estimate of drug-likeness (QED) is 0.233. The van der Waals surface area contributed by atoms with Gasteiger partial charge in [0.25, 0.3) is 5.91 Å². The second kappa shape index (κ2) is 10.3. The van der Waals surface area contributed by atoms with E-state index >= 15 is 0 Å². The lowest BCUT2D eigenvalue weighted by atomic mass is 10.1. The lowest BCUT2D eigenvalue weighted by molar-refractivity contribution is -0.113. The summed E-state index contributed by atoms with van der Waals surface area (Å²) in [5.74, 6) is 0.211. The van der Waals surface area contributed by atoms with Crippen LogP contribution in [0.4, 0.5) is 10.1 Å². The van der Waals surface area contributed by atoms with Gasteiger partial charge in [-0.15, -0.1) is 0 Å². The van der Waals surface area contributed by atoms with Crippen LogP contribution >= 0.6 is 51.5 Å². The molecule has 1 aliphatic rings. The Balaban J connectivity index is 1.59. The maximum atomic E-state index is 14.1. The topological polar surface area (TPSA) is 38.8 Å². The van der Waals surface area contributed by atoms with Crippen LogP contribution in [-0.2, 0) is 11.4 Å². The third-order valence-electron chi connectivity index (χ3n) is 4.78. The maximum Gasteiger partial charge on any atom is 0.270 e. The molecule has 33 heavy (non-hydrogen) atoms. The van der Waals surface area contributed by atoms with Gasteiger partial charge in [-0.1, -0.05) is 69.7 Å². The Kier molecular flexibility index (Phi) is 7.38. The van der Waals surface area contributed by atoms with Crippen LogP contribution in [-0.4, -0.2) is 17.3 Å². The predicted octanol–water partition coefficient (Wildman–Crippen LogP) is 7.24. The van der Waals surface area contributed by atoms with E-state index < -0.39 is 5.82 Å². The Bertz CT molecular complexity index is 1260.